The molecule has 0 fully saturated rings. The largest absolute Gasteiger partial charge is 0.390 e. The van der Waals surface area contributed by atoms with Gasteiger partial charge in [-0.15, -0.1) is 11.3 Å². The average Bonchev–Trinajstić information content (AvgIpc) is 2.58. The van der Waals surface area contributed by atoms with Crippen LogP contribution in [0.15, 0.2) is 11.4 Å². The number of nitrogens with one attached hydrogen (secondary N) is 1. The molecule has 0 spiro atoms. The second kappa shape index (κ2) is 6.14. The van der Waals surface area contributed by atoms with Crippen LogP contribution in [0.5, 0.6) is 0 Å². The molecule has 1 unspecified atom stereocenters. The fourth-order valence-corrected chi connectivity index (χ4v) is 2.12. The van der Waals surface area contributed by atoms with Gasteiger partial charge in [0.15, 0.2) is 0 Å². The summed E-state index contributed by atoms with van der Waals surface area (Å²) in [5.74, 6) is 0. The van der Waals surface area contributed by atoms with E-state index in [1.807, 2.05) is 0 Å². The molecule has 80 valence electrons. The van der Waals surface area contributed by atoms with Gasteiger partial charge in [-0.3, -0.25) is 0 Å². The minimum atomic E-state index is -0.417. The lowest BCUT2D eigenvalue weighted by Crippen LogP contribution is -2.33. The highest BCUT2D eigenvalue weighted by molar-refractivity contribution is 7.10. The maximum atomic E-state index is 9.18. The normalized spacial score (nSPS) is 13.1. The highest BCUT2D eigenvalue weighted by atomic mass is 32.1. The van der Waals surface area contributed by atoms with E-state index in [9.17, 15) is 5.11 Å². The van der Waals surface area contributed by atoms with E-state index < -0.39 is 6.10 Å². The predicted molar refractivity (Wildman–Crippen MR) is 60.7 cm³/mol. The summed E-state index contributed by atoms with van der Waals surface area (Å²) >= 11 is 1.79. The van der Waals surface area contributed by atoms with Crippen molar-refractivity contribution in [3.05, 3.63) is 21.9 Å². The minimum absolute atomic E-state index is 0.324. The van der Waals surface area contributed by atoms with Crippen LogP contribution in [0.3, 0.4) is 0 Å². The van der Waals surface area contributed by atoms with Gasteiger partial charge in [-0.2, -0.15) is 0 Å². The van der Waals surface area contributed by atoms with Crippen molar-refractivity contribution in [2.75, 3.05) is 19.6 Å². The molecule has 1 atom stereocenters. The second-order valence-electron chi connectivity index (χ2n) is 3.37. The van der Waals surface area contributed by atoms with Crippen LogP contribution >= 0.6 is 11.3 Å². The standard InChI is InChI=1S/C10H18N2OS/c1-8-3-5-14-10(8)2-4-12-7-9(13)6-11/h3,5,9,12-13H,2,4,6-7,11H2,1H3. The van der Waals surface area contributed by atoms with E-state index in [-0.39, 0.29) is 0 Å². The third-order valence-electron chi connectivity index (χ3n) is 2.15. The van der Waals surface area contributed by atoms with Gasteiger partial charge in [0, 0.05) is 24.5 Å². The number of thiophene rings is 1. The Morgan fingerprint density at radius 3 is 3.00 bits per heavy atom. The second-order valence-corrected chi connectivity index (χ2v) is 4.37. The number of hydrogen-bond acceptors (Lipinski definition) is 4. The van der Waals surface area contributed by atoms with Crippen molar-refractivity contribution in [1.29, 1.82) is 0 Å². The van der Waals surface area contributed by atoms with Gasteiger partial charge in [0.2, 0.25) is 0 Å². The fourth-order valence-electron chi connectivity index (χ4n) is 1.21. The van der Waals surface area contributed by atoms with Crippen LogP contribution in [0.25, 0.3) is 0 Å². The Bertz CT molecular complexity index is 262. The Morgan fingerprint density at radius 1 is 1.64 bits per heavy atom. The summed E-state index contributed by atoms with van der Waals surface area (Å²) in [6.07, 6.45) is 0.611. The minimum Gasteiger partial charge on any atom is -0.390 e. The summed E-state index contributed by atoms with van der Waals surface area (Å²) in [5, 5.41) is 14.5. The van der Waals surface area contributed by atoms with Gasteiger partial charge in [-0.1, -0.05) is 0 Å². The van der Waals surface area contributed by atoms with Gasteiger partial charge in [0.25, 0.3) is 0 Å². The predicted octanol–water partition coefficient (Wildman–Crippen LogP) is 0.508. The molecule has 0 amide bonds. The summed E-state index contributed by atoms with van der Waals surface area (Å²) in [7, 11) is 0. The van der Waals surface area contributed by atoms with Crippen LogP contribution in [0.2, 0.25) is 0 Å². The molecule has 3 nitrogen and oxygen atoms in total. The molecule has 0 radical (unpaired) electrons. The van der Waals surface area contributed by atoms with Crippen molar-refractivity contribution in [1.82, 2.24) is 5.32 Å². The molecule has 14 heavy (non-hydrogen) atoms. The van der Waals surface area contributed by atoms with E-state index >= 15 is 0 Å². The van der Waals surface area contributed by atoms with E-state index in [2.05, 4.69) is 23.7 Å². The summed E-state index contributed by atoms with van der Waals surface area (Å²) in [6, 6.07) is 2.13. The van der Waals surface area contributed by atoms with E-state index in [4.69, 9.17) is 5.73 Å². The number of hydrogen-bond donors (Lipinski definition) is 3. The van der Waals surface area contributed by atoms with E-state index in [1.165, 1.54) is 10.4 Å². The zero-order valence-corrected chi connectivity index (χ0v) is 9.31. The van der Waals surface area contributed by atoms with E-state index in [1.54, 1.807) is 11.3 Å². The topological polar surface area (TPSA) is 58.3 Å². The molecule has 1 rings (SSSR count). The molecule has 0 saturated heterocycles. The molecule has 1 aromatic heterocycles. The molecule has 4 N–H and O–H groups in total. The van der Waals surface area contributed by atoms with Crippen molar-refractivity contribution in [2.24, 2.45) is 5.73 Å². The van der Waals surface area contributed by atoms with Crippen molar-refractivity contribution in [2.45, 2.75) is 19.4 Å². The number of rotatable bonds is 6. The number of aliphatic hydroxyl groups is 1. The maximum absolute atomic E-state index is 9.18. The van der Waals surface area contributed by atoms with Crippen molar-refractivity contribution in [3.8, 4) is 0 Å². The lowest BCUT2D eigenvalue weighted by atomic mass is 10.2. The SMILES string of the molecule is Cc1ccsc1CCNCC(O)CN. The molecular formula is C10H18N2OS. The van der Waals surface area contributed by atoms with E-state index in [0.717, 1.165) is 13.0 Å². The van der Waals surface area contributed by atoms with Gasteiger partial charge >= 0.3 is 0 Å². The van der Waals surface area contributed by atoms with Crippen LogP contribution in [0.4, 0.5) is 0 Å². The molecular weight excluding hydrogens is 196 g/mol. The highest BCUT2D eigenvalue weighted by Crippen LogP contribution is 2.15. The molecule has 1 heterocycles. The van der Waals surface area contributed by atoms with Gasteiger partial charge < -0.3 is 16.2 Å². The first-order valence-electron chi connectivity index (χ1n) is 4.86. The fraction of sp³-hybridized carbons (Fsp3) is 0.600. The van der Waals surface area contributed by atoms with Gasteiger partial charge in [-0.05, 0) is 30.4 Å². The molecule has 0 bridgehead atoms. The van der Waals surface area contributed by atoms with Crippen LogP contribution in [0, 0.1) is 6.92 Å². The van der Waals surface area contributed by atoms with Gasteiger partial charge in [-0.25, -0.2) is 0 Å². The average molecular weight is 214 g/mol. The van der Waals surface area contributed by atoms with Crippen molar-refractivity contribution in [3.63, 3.8) is 0 Å². The first kappa shape index (κ1) is 11.7. The van der Waals surface area contributed by atoms with Crippen LogP contribution in [-0.4, -0.2) is 30.8 Å². The lowest BCUT2D eigenvalue weighted by molar-refractivity contribution is 0.180. The highest BCUT2D eigenvalue weighted by Gasteiger charge is 2.01. The Kier molecular flexibility index (Phi) is 5.11. The quantitative estimate of drug-likeness (QED) is 0.605. The van der Waals surface area contributed by atoms with Crippen LogP contribution < -0.4 is 11.1 Å². The molecule has 0 saturated carbocycles. The van der Waals surface area contributed by atoms with Gasteiger partial charge in [0.1, 0.15) is 0 Å². The van der Waals surface area contributed by atoms with E-state index in [0.29, 0.717) is 13.1 Å². The zero-order chi connectivity index (χ0) is 10.4. The Labute approximate surface area is 88.9 Å². The third kappa shape index (κ3) is 3.75. The summed E-state index contributed by atoms with van der Waals surface area (Å²) in [4.78, 5) is 1.42. The number of aliphatic hydroxyl groups excluding tert-OH is 1. The molecule has 0 aliphatic carbocycles. The number of aryl methyl sites for hydroxylation is 1. The van der Waals surface area contributed by atoms with Crippen LogP contribution in [0.1, 0.15) is 10.4 Å². The Balaban J connectivity index is 2.13. The molecule has 0 aromatic carbocycles. The van der Waals surface area contributed by atoms with Gasteiger partial charge in [0.05, 0.1) is 6.10 Å². The summed E-state index contributed by atoms with van der Waals surface area (Å²) in [5.41, 5.74) is 6.64. The third-order valence-corrected chi connectivity index (χ3v) is 3.23. The first-order chi connectivity index (χ1) is 6.74. The monoisotopic (exact) mass is 214 g/mol. The first-order valence-corrected chi connectivity index (χ1v) is 5.74. The summed E-state index contributed by atoms with van der Waals surface area (Å²) in [6.45, 7) is 3.94. The maximum Gasteiger partial charge on any atom is 0.0786 e. The van der Waals surface area contributed by atoms with Crippen molar-refractivity contribution < 1.29 is 5.11 Å². The van der Waals surface area contributed by atoms with Crippen molar-refractivity contribution >= 4 is 11.3 Å². The summed E-state index contributed by atoms with van der Waals surface area (Å²) < 4.78 is 0. The molecule has 0 aliphatic rings. The van der Waals surface area contributed by atoms with Crippen LogP contribution in [-0.2, 0) is 6.42 Å². The molecule has 1 aromatic rings. The zero-order valence-electron chi connectivity index (χ0n) is 8.49. The lowest BCUT2D eigenvalue weighted by Gasteiger charge is -2.08. The molecule has 0 aliphatic heterocycles. The molecule has 4 heteroatoms. The number of nitrogens with two attached hydrogens (primary N) is 1. The Morgan fingerprint density at radius 2 is 2.43 bits per heavy atom. The smallest absolute Gasteiger partial charge is 0.0786 e. The Hall–Kier alpha value is -0.420.